The van der Waals surface area contributed by atoms with Crippen LogP contribution in [0.3, 0.4) is 0 Å². The zero-order chi connectivity index (χ0) is 9.31. The molecule has 2 fully saturated rings. The van der Waals surface area contributed by atoms with Crippen LogP contribution in [0.4, 0.5) is 0 Å². The molecule has 2 rings (SSSR count). The molecule has 13 heavy (non-hydrogen) atoms. The first kappa shape index (κ1) is 9.51. The van der Waals surface area contributed by atoms with E-state index in [1.165, 1.54) is 45.2 Å². The minimum absolute atomic E-state index is 0.650. The fraction of sp³-hybridized carbons (Fsp3) is 1.00. The molecule has 76 valence electrons. The van der Waals surface area contributed by atoms with Gasteiger partial charge in [-0.15, -0.1) is 0 Å². The summed E-state index contributed by atoms with van der Waals surface area (Å²) in [6, 6.07) is 0. The second-order valence-electron chi connectivity index (χ2n) is 5.87. The lowest BCUT2D eigenvalue weighted by Crippen LogP contribution is -2.12. The normalized spacial score (nSPS) is 38.3. The van der Waals surface area contributed by atoms with E-state index >= 15 is 0 Å². The van der Waals surface area contributed by atoms with E-state index in [-0.39, 0.29) is 0 Å². The standard InChI is InChI=1S/C12H23N/c1-12(2)5-3-10(8-12)7-11-4-6-13-9-11/h10-11,13H,3-9H2,1-2H3. The fourth-order valence-corrected chi connectivity index (χ4v) is 3.17. The number of hydrogen-bond donors (Lipinski definition) is 1. The third kappa shape index (κ3) is 2.46. The molecule has 2 atom stereocenters. The Morgan fingerprint density at radius 1 is 1.23 bits per heavy atom. The maximum atomic E-state index is 3.47. The molecule has 1 nitrogen and oxygen atoms in total. The molecule has 1 saturated heterocycles. The molecule has 1 aliphatic heterocycles. The van der Waals surface area contributed by atoms with Crippen LogP contribution in [0.1, 0.15) is 46.0 Å². The molecule has 0 amide bonds. The smallest absolute Gasteiger partial charge is 0.00199 e. The molecule has 0 radical (unpaired) electrons. The number of nitrogens with one attached hydrogen (secondary N) is 1. The summed E-state index contributed by atoms with van der Waals surface area (Å²) in [5.41, 5.74) is 0.650. The lowest BCUT2D eigenvalue weighted by molar-refractivity contribution is 0.331. The molecule has 0 bridgehead atoms. The van der Waals surface area contributed by atoms with E-state index in [9.17, 15) is 0 Å². The van der Waals surface area contributed by atoms with E-state index in [2.05, 4.69) is 19.2 Å². The van der Waals surface area contributed by atoms with Gasteiger partial charge in [0.15, 0.2) is 0 Å². The maximum Gasteiger partial charge on any atom is -0.00199 e. The zero-order valence-corrected chi connectivity index (χ0v) is 9.10. The van der Waals surface area contributed by atoms with Gasteiger partial charge in [0.2, 0.25) is 0 Å². The van der Waals surface area contributed by atoms with Crippen molar-refractivity contribution in [1.82, 2.24) is 5.32 Å². The summed E-state index contributed by atoms with van der Waals surface area (Å²) in [4.78, 5) is 0. The molecule has 1 aliphatic carbocycles. The summed E-state index contributed by atoms with van der Waals surface area (Å²) < 4.78 is 0. The summed E-state index contributed by atoms with van der Waals surface area (Å²) in [7, 11) is 0. The van der Waals surface area contributed by atoms with E-state index in [0.29, 0.717) is 5.41 Å². The van der Waals surface area contributed by atoms with E-state index < -0.39 is 0 Å². The highest BCUT2D eigenvalue weighted by Gasteiger charge is 2.32. The predicted molar refractivity (Wildman–Crippen MR) is 56.7 cm³/mol. The first-order chi connectivity index (χ1) is 6.16. The van der Waals surface area contributed by atoms with Crippen molar-refractivity contribution in [2.75, 3.05) is 13.1 Å². The third-order valence-corrected chi connectivity index (χ3v) is 3.90. The number of hydrogen-bond acceptors (Lipinski definition) is 1. The van der Waals surface area contributed by atoms with Crippen molar-refractivity contribution in [2.24, 2.45) is 17.3 Å². The van der Waals surface area contributed by atoms with Crippen molar-refractivity contribution in [3.05, 3.63) is 0 Å². The van der Waals surface area contributed by atoms with Crippen molar-refractivity contribution in [3.63, 3.8) is 0 Å². The third-order valence-electron chi connectivity index (χ3n) is 3.90. The summed E-state index contributed by atoms with van der Waals surface area (Å²) in [5, 5.41) is 3.47. The summed E-state index contributed by atoms with van der Waals surface area (Å²) in [6.07, 6.45) is 7.35. The molecule has 1 N–H and O–H groups in total. The Hall–Kier alpha value is -0.0400. The highest BCUT2D eigenvalue weighted by Crippen LogP contribution is 2.43. The molecule has 2 unspecified atom stereocenters. The monoisotopic (exact) mass is 181 g/mol. The average Bonchev–Trinajstić information content (AvgIpc) is 2.61. The van der Waals surface area contributed by atoms with Gasteiger partial charge < -0.3 is 5.32 Å². The van der Waals surface area contributed by atoms with Crippen LogP contribution in [0.25, 0.3) is 0 Å². The molecule has 1 heterocycles. The van der Waals surface area contributed by atoms with E-state index in [1.807, 2.05) is 0 Å². The molecule has 2 aliphatic rings. The highest BCUT2D eigenvalue weighted by molar-refractivity contribution is 4.84. The lowest BCUT2D eigenvalue weighted by Gasteiger charge is -2.18. The summed E-state index contributed by atoms with van der Waals surface area (Å²) in [5.74, 6) is 2.04. The molecule has 0 spiro atoms. The van der Waals surface area contributed by atoms with Gasteiger partial charge in [0.25, 0.3) is 0 Å². The Morgan fingerprint density at radius 2 is 2.08 bits per heavy atom. The van der Waals surface area contributed by atoms with E-state index in [0.717, 1.165) is 11.8 Å². The van der Waals surface area contributed by atoms with Crippen LogP contribution in [0.15, 0.2) is 0 Å². The van der Waals surface area contributed by atoms with Crippen LogP contribution in [-0.4, -0.2) is 13.1 Å². The second kappa shape index (κ2) is 3.61. The Labute approximate surface area is 82.3 Å². The van der Waals surface area contributed by atoms with Crippen LogP contribution in [0, 0.1) is 17.3 Å². The summed E-state index contributed by atoms with van der Waals surface area (Å²) >= 11 is 0. The molecule has 0 aromatic carbocycles. The minimum Gasteiger partial charge on any atom is -0.316 e. The minimum atomic E-state index is 0.650. The Bertz CT molecular complexity index is 168. The van der Waals surface area contributed by atoms with Gasteiger partial charge in [0.05, 0.1) is 0 Å². The first-order valence-corrected chi connectivity index (χ1v) is 5.86. The van der Waals surface area contributed by atoms with Crippen LogP contribution >= 0.6 is 0 Å². The fourth-order valence-electron chi connectivity index (χ4n) is 3.17. The second-order valence-corrected chi connectivity index (χ2v) is 5.87. The average molecular weight is 181 g/mol. The molecule has 0 aromatic rings. The Balaban J connectivity index is 1.77. The van der Waals surface area contributed by atoms with Crippen LogP contribution in [0.5, 0.6) is 0 Å². The van der Waals surface area contributed by atoms with Crippen molar-refractivity contribution >= 4 is 0 Å². The predicted octanol–water partition coefficient (Wildman–Crippen LogP) is 2.81. The zero-order valence-electron chi connectivity index (χ0n) is 9.10. The van der Waals surface area contributed by atoms with Gasteiger partial charge in [-0.05, 0) is 62.4 Å². The van der Waals surface area contributed by atoms with Crippen molar-refractivity contribution in [3.8, 4) is 0 Å². The van der Waals surface area contributed by atoms with Crippen LogP contribution < -0.4 is 5.32 Å². The van der Waals surface area contributed by atoms with Gasteiger partial charge in [-0.1, -0.05) is 13.8 Å². The van der Waals surface area contributed by atoms with Gasteiger partial charge in [-0.2, -0.15) is 0 Å². The van der Waals surface area contributed by atoms with Gasteiger partial charge >= 0.3 is 0 Å². The largest absolute Gasteiger partial charge is 0.316 e. The van der Waals surface area contributed by atoms with Gasteiger partial charge in [0, 0.05) is 0 Å². The van der Waals surface area contributed by atoms with E-state index in [4.69, 9.17) is 0 Å². The lowest BCUT2D eigenvalue weighted by atomic mass is 9.87. The van der Waals surface area contributed by atoms with Gasteiger partial charge in [-0.25, -0.2) is 0 Å². The number of rotatable bonds is 2. The van der Waals surface area contributed by atoms with Crippen LogP contribution in [-0.2, 0) is 0 Å². The molecule has 1 heteroatoms. The van der Waals surface area contributed by atoms with Crippen molar-refractivity contribution in [1.29, 1.82) is 0 Å². The van der Waals surface area contributed by atoms with Gasteiger partial charge in [-0.3, -0.25) is 0 Å². The maximum absolute atomic E-state index is 3.47. The highest BCUT2D eigenvalue weighted by atomic mass is 14.9. The Kier molecular flexibility index (Phi) is 2.64. The molecule has 1 saturated carbocycles. The first-order valence-electron chi connectivity index (χ1n) is 5.86. The molecular formula is C12H23N. The van der Waals surface area contributed by atoms with E-state index in [1.54, 1.807) is 0 Å². The SMILES string of the molecule is CC1(C)CCC(CC2CCNC2)C1. The van der Waals surface area contributed by atoms with Gasteiger partial charge in [0.1, 0.15) is 0 Å². The molecule has 0 aromatic heterocycles. The van der Waals surface area contributed by atoms with Crippen molar-refractivity contribution in [2.45, 2.75) is 46.0 Å². The van der Waals surface area contributed by atoms with Crippen molar-refractivity contribution < 1.29 is 0 Å². The topological polar surface area (TPSA) is 12.0 Å². The Morgan fingerprint density at radius 3 is 2.62 bits per heavy atom. The van der Waals surface area contributed by atoms with Crippen LogP contribution in [0.2, 0.25) is 0 Å². The summed E-state index contributed by atoms with van der Waals surface area (Å²) in [6.45, 7) is 7.41. The quantitative estimate of drug-likeness (QED) is 0.690. The molecular weight excluding hydrogens is 158 g/mol.